The molecule has 0 saturated heterocycles. The monoisotopic (exact) mass is 444 g/mol. The lowest BCUT2D eigenvalue weighted by molar-refractivity contribution is -0.119. The number of para-hydroxylation sites is 3. The van der Waals surface area contributed by atoms with Gasteiger partial charge in [0, 0.05) is 12.2 Å². The van der Waals surface area contributed by atoms with Gasteiger partial charge in [0.05, 0.1) is 22.0 Å². The quantitative estimate of drug-likeness (QED) is 0.490. The highest BCUT2D eigenvalue weighted by Gasteiger charge is 2.25. The topological polar surface area (TPSA) is 67.2 Å². The Balaban J connectivity index is 1.46. The van der Waals surface area contributed by atoms with E-state index in [0.717, 1.165) is 29.6 Å². The Morgan fingerprint density at radius 2 is 1.91 bits per heavy atom. The maximum absolute atomic E-state index is 13.4. The van der Waals surface area contributed by atoms with Crippen molar-refractivity contribution >= 4 is 39.9 Å². The SMILES string of the molecule is CC(NC(=O)c1cccs1)c1nc2ccccc2n1CC(=O)N1CCCc2ccccc21. The van der Waals surface area contributed by atoms with Crippen molar-refractivity contribution in [3.8, 4) is 0 Å². The summed E-state index contributed by atoms with van der Waals surface area (Å²) in [4.78, 5) is 33.4. The molecule has 0 bridgehead atoms. The van der Waals surface area contributed by atoms with Crippen LogP contribution in [0.25, 0.3) is 11.0 Å². The van der Waals surface area contributed by atoms with Crippen LogP contribution < -0.4 is 10.2 Å². The van der Waals surface area contributed by atoms with Gasteiger partial charge in [0.25, 0.3) is 5.91 Å². The summed E-state index contributed by atoms with van der Waals surface area (Å²) >= 11 is 1.40. The molecule has 1 unspecified atom stereocenters. The van der Waals surface area contributed by atoms with Gasteiger partial charge in [-0.2, -0.15) is 0 Å². The fraction of sp³-hybridized carbons (Fsp3) is 0.240. The summed E-state index contributed by atoms with van der Waals surface area (Å²) in [6, 6.07) is 19.2. The van der Waals surface area contributed by atoms with E-state index in [2.05, 4.69) is 11.4 Å². The van der Waals surface area contributed by atoms with E-state index in [0.29, 0.717) is 17.2 Å². The van der Waals surface area contributed by atoms with Crippen molar-refractivity contribution in [1.29, 1.82) is 0 Å². The standard InChI is InChI=1S/C25H24N4O2S/c1-17(26-25(31)22-13-7-15-32-22)24-27-19-10-3-5-12-21(19)29(24)16-23(30)28-14-6-9-18-8-2-4-11-20(18)28/h2-5,7-8,10-13,15,17H,6,9,14,16H2,1H3,(H,26,31). The Kier molecular flexibility index (Phi) is 5.49. The van der Waals surface area contributed by atoms with Crippen molar-refractivity contribution < 1.29 is 9.59 Å². The molecule has 1 aliphatic heterocycles. The molecule has 162 valence electrons. The zero-order valence-corrected chi connectivity index (χ0v) is 18.6. The van der Waals surface area contributed by atoms with Gasteiger partial charge in [-0.05, 0) is 55.0 Å². The van der Waals surface area contributed by atoms with Gasteiger partial charge in [0.1, 0.15) is 12.4 Å². The van der Waals surface area contributed by atoms with Gasteiger partial charge in [-0.3, -0.25) is 9.59 Å². The summed E-state index contributed by atoms with van der Waals surface area (Å²) < 4.78 is 1.94. The predicted molar refractivity (Wildman–Crippen MR) is 127 cm³/mol. The second-order valence-corrected chi connectivity index (χ2v) is 8.94. The fourth-order valence-corrected chi connectivity index (χ4v) is 4.97. The zero-order chi connectivity index (χ0) is 22.1. The second kappa shape index (κ2) is 8.59. The van der Waals surface area contributed by atoms with Crippen molar-refractivity contribution in [3.05, 3.63) is 82.3 Å². The highest BCUT2D eigenvalue weighted by molar-refractivity contribution is 7.12. The number of rotatable bonds is 5. The molecular weight excluding hydrogens is 420 g/mol. The van der Waals surface area contributed by atoms with E-state index in [1.165, 1.54) is 16.9 Å². The summed E-state index contributed by atoms with van der Waals surface area (Å²) in [5.41, 5.74) is 3.90. The minimum absolute atomic E-state index is 0.0262. The molecule has 0 spiro atoms. The number of imidazole rings is 1. The fourth-order valence-electron chi connectivity index (χ4n) is 4.34. The predicted octanol–water partition coefficient (Wildman–Crippen LogP) is 4.57. The van der Waals surface area contributed by atoms with Crippen LogP contribution in [0.3, 0.4) is 0 Å². The Labute approximate surface area is 190 Å². The zero-order valence-electron chi connectivity index (χ0n) is 17.8. The van der Waals surface area contributed by atoms with Gasteiger partial charge < -0.3 is 14.8 Å². The third-order valence-electron chi connectivity index (χ3n) is 5.87. The Morgan fingerprint density at radius 1 is 1.09 bits per heavy atom. The first kappa shape index (κ1) is 20.5. The average molecular weight is 445 g/mol. The number of nitrogens with one attached hydrogen (secondary N) is 1. The van der Waals surface area contributed by atoms with E-state index < -0.39 is 0 Å². The molecule has 32 heavy (non-hydrogen) atoms. The number of carbonyl (C=O) groups is 2. The van der Waals surface area contributed by atoms with Crippen molar-refractivity contribution in [2.75, 3.05) is 11.4 Å². The smallest absolute Gasteiger partial charge is 0.261 e. The van der Waals surface area contributed by atoms with Crippen LogP contribution in [0.15, 0.2) is 66.0 Å². The molecule has 0 saturated carbocycles. The Bertz CT molecular complexity index is 1280. The van der Waals surface area contributed by atoms with E-state index in [9.17, 15) is 9.59 Å². The molecular formula is C25H24N4O2S. The summed E-state index contributed by atoms with van der Waals surface area (Å²) in [7, 11) is 0. The van der Waals surface area contributed by atoms with E-state index in [1.807, 2.05) is 70.3 Å². The third kappa shape index (κ3) is 3.80. The molecule has 5 rings (SSSR count). The van der Waals surface area contributed by atoms with Crippen LogP contribution in [0.5, 0.6) is 0 Å². The number of anilines is 1. The molecule has 0 radical (unpaired) electrons. The molecule has 1 aliphatic rings. The first-order chi connectivity index (χ1) is 15.6. The van der Waals surface area contributed by atoms with Crippen LogP contribution in [0, 0.1) is 0 Å². The molecule has 3 heterocycles. The maximum Gasteiger partial charge on any atom is 0.261 e. The first-order valence-corrected chi connectivity index (χ1v) is 11.7. The van der Waals surface area contributed by atoms with E-state index >= 15 is 0 Å². The normalized spacial score (nSPS) is 14.2. The van der Waals surface area contributed by atoms with E-state index in [4.69, 9.17) is 4.98 Å². The summed E-state index contributed by atoms with van der Waals surface area (Å²) in [6.07, 6.45) is 1.94. The number of hydrogen-bond donors (Lipinski definition) is 1. The molecule has 2 aromatic heterocycles. The Morgan fingerprint density at radius 3 is 2.75 bits per heavy atom. The number of aryl methyl sites for hydroxylation is 1. The lowest BCUT2D eigenvalue weighted by atomic mass is 10.0. The van der Waals surface area contributed by atoms with Gasteiger partial charge >= 0.3 is 0 Å². The highest BCUT2D eigenvalue weighted by atomic mass is 32.1. The number of benzene rings is 2. The maximum atomic E-state index is 13.4. The van der Waals surface area contributed by atoms with E-state index in [-0.39, 0.29) is 24.4 Å². The van der Waals surface area contributed by atoms with Crippen molar-refractivity contribution in [2.45, 2.75) is 32.4 Å². The molecule has 0 fully saturated rings. The van der Waals surface area contributed by atoms with Crippen molar-refractivity contribution in [3.63, 3.8) is 0 Å². The molecule has 6 nitrogen and oxygen atoms in total. The molecule has 2 aromatic carbocycles. The number of carbonyl (C=O) groups excluding carboxylic acids is 2. The summed E-state index contributed by atoms with van der Waals surface area (Å²) in [6.45, 7) is 2.79. The number of nitrogens with zero attached hydrogens (tertiary/aromatic N) is 3. The van der Waals surface area contributed by atoms with E-state index in [1.54, 1.807) is 6.07 Å². The molecule has 2 amide bonds. The minimum atomic E-state index is -0.349. The minimum Gasteiger partial charge on any atom is -0.342 e. The van der Waals surface area contributed by atoms with Crippen LogP contribution in [0.4, 0.5) is 5.69 Å². The van der Waals surface area contributed by atoms with Crippen molar-refractivity contribution in [2.24, 2.45) is 0 Å². The Hall–Kier alpha value is -3.45. The number of hydrogen-bond acceptors (Lipinski definition) is 4. The van der Waals surface area contributed by atoms with Crippen molar-refractivity contribution in [1.82, 2.24) is 14.9 Å². The van der Waals surface area contributed by atoms with Gasteiger partial charge in [-0.25, -0.2) is 4.98 Å². The summed E-state index contributed by atoms with van der Waals surface area (Å²) in [5.74, 6) is 0.565. The van der Waals surface area contributed by atoms with Crippen LogP contribution >= 0.6 is 11.3 Å². The molecule has 0 aliphatic carbocycles. The number of amides is 2. The lowest BCUT2D eigenvalue weighted by Gasteiger charge is -2.30. The molecule has 1 N–H and O–H groups in total. The number of fused-ring (bicyclic) bond motifs is 2. The largest absolute Gasteiger partial charge is 0.342 e. The van der Waals surface area contributed by atoms with Gasteiger partial charge in [-0.15, -0.1) is 11.3 Å². The summed E-state index contributed by atoms with van der Waals surface area (Å²) in [5, 5.41) is 4.91. The second-order valence-electron chi connectivity index (χ2n) is 7.99. The lowest BCUT2D eigenvalue weighted by Crippen LogP contribution is -2.38. The third-order valence-corrected chi connectivity index (χ3v) is 6.74. The average Bonchev–Trinajstić information content (AvgIpc) is 3.48. The first-order valence-electron chi connectivity index (χ1n) is 10.8. The van der Waals surface area contributed by atoms with Crippen LogP contribution in [0.1, 0.15) is 40.4 Å². The van der Waals surface area contributed by atoms with Gasteiger partial charge in [-0.1, -0.05) is 36.4 Å². The molecule has 4 aromatic rings. The number of thiophene rings is 1. The molecule has 7 heteroatoms. The van der Waals surface area contributed by atoms with Gasteiger partial charge in [0.15, 0.2) is 0 Å². The van der Waals surface area contributed by atoms with Crippen LogP contribution in [-0.2, 0) is 17.8 Å². The van der Waals surface area contributed by atoms with Crippen LogP contribution in [0.2, 0.25) is 0 Å². The highest BCUT2D eigenvalue weighted by Crippen LogP contribution is 2.28. The van der Waals surface area contributed by atoms with Gasteiger partial charge in [0.2, 0.25) is 5.91 Å². The molecule has 1 atom stereocenters. The van der Waals surface area contributed by atoms with Crippen LogP contribution in [-0.4, -0.2) is 27.9 Å². The number of aromatic nitrogens is 2.